The Morgan fingerprint density at radius 2 is 2.17 bits per heavy atom. The number of nitrogens with zero attached hydrogens (tertiary/aromatic N) is 2. The zero-order valence-electron chi connectivity index (χ0n) is 12.3. The molecule has 0 amide bonds. The highest BCUT2D eigenvalue weighted by atomic mass is 19.3. The van der Waals surface area contributed by atoms with E-state index in [-0.39, 0.29) is 18.8 Å². The van der Waals surface area contributed by atoms with E-state index in [4.69, 9.17) is 4.74 Å². The zero-order chi connectivity index (χ0) is 16.8. The Morgan fingerprint density at radius 1 is 1.39 bits per heavy atom. The van der Waals surface area contributed by atoms with Gasteiger partial charge in [-0.15, -0.1) is 0 Å². The maximum Gasteiger partial charge on any atom is 0.298 e. The van der Waals surface area contributed by atoms with Crippen LogP contribution in [0.5, 0.6) is 5.75 Å². The van der Waals surface area contributed by atoms with Gasteiger partial charge in [-0.1, -0.05) is 5.16 Å². The predicted molar refractivity (Wildman–Crippen MR) is 76.3 cm³/mol. The normalized spacial score (nSPS) is 11.0. The quantitative estimate of drug-likeness (QED) is 0.591. The Kier molecular flexibility index (Phi) is 5.58. The van der Waals surface area contributed by atoms with Crippen molar-refractivity contribution in [2.45, 2.75) is 26.4 Å². The van der Waals surface area contributed by atoms with Crippen LogP contribution >= 0.6 is 0 Å². The van der Waals surface area contributed by atoms with Crippen molar-refractivity contribution in [3.05, 3.63) is 51.4 Å². The van der Waals surface area contributed by atoms with Gasteiger partial charge in [0.15, 0.2) is 0 Å². The summed E-state index contributed by atoms with van der Waals surface area (Å²) in [5, 5.41) is 17.3. The van der Waals surface area contributed by atoms with Gasteiger partial charge in [0.25, 0.3) is 12.1 Å². The fourth-order valence-electron chi connectivity index (χ4n) is 1.95. The number of halogens is 2. The highest BCUT2D eigenvalue weighted by molar-refractivity contribution is 5.43. The molecule has 2 aromatic rings. The summed E-state index contributed by atoms with van der Waals surface area (Å²) in [5.74, 6) is 0.0335. The lowest BCUT2D eigenvalue weighted by Crippen LogP contribution is -2.14. The molecule has 0 aliphatic rings. The van der Waals surface area contributed by atoms with E-state index in [1.165, 1.54) is 18.2 Å². The molecule has 0 bridgehead atoms. The van der Waals surface area contributed by atoms with Crippen molar-refractivity contribution in [3.63, 3.8) is 0 Å². The highest BCUT2D eigenvalue weighted by Crippen LogP contribution is 2.24. The Bertz CT molecular complexity index is 676. The number of nitrogens with one attached hydrogen (secondary N) is 1. The zero-order valence-corrected chi connectivity index (χ0v) is 12.3. The summed E-state index contributed by atoms with van der Waals surface area (Å²) >= 11 is 0. The molecule has 23 heavy (non-hydrogen) atoms. The van der Waals surface area contributed by atoms with Crippen LogP contribution in [0.15, 0.2) is 28.8 Å². The minimum atomic E-state index is -2.71. The fourth-order valence-corrected chi connectivity index (χ4v) is 1.95. The lowest BCUT2D eigenvalue weighted by molar-refractivity contribution is -0.384. The average molecular weight is 327 g/mol. The molecule has 1 N–H and O–H groups in total. The molecule has 124 valence electrons. The van der Waals surface area contributed by atoms with Crippen LogP contribution < -0.4 is 10.1 Å². The summed E-state index contributed by atoms with van der Waals surface area (Å²) in [4.78, 5) is 10.3. The first-order valence-electron chi connectivity index (χ1n) is 6.85. The minimum absolute atomic E-state index is 0.0494. The van der Waals surface area contributed by atoms with Crippen molar-refractivity contribution in [1.82, 2.24) is 10.5 Å². The van der Waals surface area contributed by atoms with Gasteiger partial charge in [-0.05, 0) is 13.0 Å². The van der Waals surface area contributed by atoms with Gasteiger partial charge in [-0.3, -0.25) is 10.1 Å². The van der Waals surface area contributed by atoms with Crippen molar-refractivity contribution < 1.29 is 23.0 Å². The van der Waals surface area contributed by atoms with Crippen LogP contribution in [0.3, 0.4) is 0 Å². The van der Waals surface area contributed by atoms with Gasteiger partial charge in [-0.25, -0.2) is 8.78 Å². The molecule has 0 radical (unpaired) electrons. The van der Waals surface area contributed by atoms with E-state index in [0.717, 1.165) is 6.07 Å². The van der Waals surface area contributed by atoms with E-state index in [1.54, 1.807) is 6.92 Å². The van der Waals surface area contributed by atoms with E-state index in [0.29, 0.717) is 23.6 Å². The first-order chi connectivity index (χ1) is 11.0. The molecular weight excluding hydrogens is 312 g/mol. The Labute approximate surface area is 130 Å². The number of hydrogen-bond donors (Lipinski definition) is 1. The molecule has 0 aliphatic carbocycles. The number of alkyl halides is 2. The summed E-state index contributed by atoms with van der Waals surface area (Å²) in [6, 6.07) is 5.46. The lowest BCUT2D eigenvalue weighted by Gasteiger charge is -2.10. The van der Waals surface area contributed by atoms with Crippen molar-refractivity contribution in [2.24, 2.45) is 0 Å². The Morgan fingerprint density at radius 3 is 2.78 bits per heavy atom. The second-order valence-corrected chi connectivity index (χ2v) is 4.61. The summed E-state index contributed by atoms with van der Waals surface area (Å²) in [7, 11) is 0. The van der Waals surface area contributed by atoms with Crippen LogP contribution in [0.2, 0.25) is 0 Å². The van der Waals surface area contributed by atoms with E-state index in [1.807, 2.05) is 0 Å². The van der Waals surface area contributed by atoms with Crippen LogP contribution in [0.4, 0.5) is 14.5 Å². The Hall–Kier alpha value is -2.55. The third-order valence-corrected chi connectivity index (χ3v) is 2.97. The van der Waals surface area contributed by atoms with Crippen molar-refractivity contribution in [2.75, 3.05) is 6.61 Å². The first kappa shape index (κ1) is 16.8. The molecule has 9 heteroatoms. The molecule has 7 nitrogen and oxygen atoms in total. The smallest absolute Gasteiger partial charge is 0.298 e. The molecule has 1 heterocycles. The molecular formula is C14H15F2N3O4. The standard InChI is InChI=1S/C14H15F2N3O4/c1-2-22-12-4-3-11(19(20)21)5-9(12)7-17-8-10-6-13(14(15)16)23-18-10/h3-6,14,17H,2,7-8H2,1H3. The van der Waals surface area contributed by atoms with Crippen molar-refractivity contribution >= 4 is 5.69 Å². The summed E-state index contributed by atoms with van der Waals surface area (Å²) in [5.41, 5.74) is 0.869. The largest absolute Gasteiger partial charge is 0.494 e. The SMILES string of the molecule is CCOc1ccc([N+](=O)[O-])cc1CNCc1cc(C(F)F)on1. The maximum absolute atomic E-state index is 12.4. The maximum atomic E-state index is 12.4. The van der Waals surface area contributed by atoms with Gasteiger partial charge in [0, 0.05) is 36.9 Å². The summed E-state index contributed by atoms with van der Waals surface area (Å²) < 4.78 is 34.7. The third kappa shape index (κ3) is 4.46. The second-order valence-electron chi connectivity index (χ2n) is 4.61. The molecule has 0 atom stereocenters. The molecule has 0 saturated carbocycles. The van der Waals surface area contributed by atoms with Gasteiger partial charge in [0.05, 0.1) is 17.2 Å². The summed E-state index contributed by atoms with van der Waals surface area (Å²) in [6.45, 7) is 2.67. The van der Waals surface area contributed by atoms with Crippen LogP contribution in [-0.4, -0.2) is 16.7 Å². The van der Waals surface area contributed by atoms with E-state index in [9.17, 15) is 18.9 Å². The van der Waals surface area contributed by atoms with Gasteiger partial charge in [-0.2, -0.15) is 0 Å². The van der Waals surface area contributed by atoms with Gasteiger partial charge >= 0.3 is 0 Å². The number of non-ortho nitro benzene ring substituents is 1. The highest BCUT2D eigenvalue weighted by Gasteiger charge is 2.15. The van der Waals surface area contributed by atoms with Gasteiger partial charge in [0.2, 0.25) is 5.76 Å². The third-order valence-electron chi connectivity index (χ3n) is 2.97. The molecule has 0 fully saturated rings. The Balaban J connectivity index is 2.02. The number of rotatable bonds is 8. The molecule has 2 rings (SSSR count). The van der Waals surface area contributed by atoms with Crippen molar-refractivity contribution in [3.8, 4) is 5.75 Å². The molecule has 0 unspecified atom stereocenters. The second kappa shape index (κ2) is 7.63. The van der Waals surface area contributed by atoms with Crippen LogP contribution in [0.1, 0.15) is 30.4 Å². The lowest BCUT2D eigenvalue weighted by atomic mass is 10.1. The number of ether oxygens (including phenoxy) is 1. The molecule has 0 saturated heterocycles. The number of aromatic nitrogens is 1. The number of nitro benzene ring substituents is 1. The van der Waals surface area contributed by atoms with E-state index in [2.05, 4.69) is 15.0 Å². The molecule has 1 aromatic carbocycles. The minimum Gasteiger partial charge on any atom is -0.494 e. The molecule has 0 aliphatic heterocycles. The summed E-state index contributed by atoms with van der Waals surface area (Å²) in [6.07, 6.45) is -2.71. The number of nitro groups is 1. The van der Waals surface area contributed by atoms with E-state index >= 15 is 0 Å². The van der Waals surface area contributed by atoms with Crippen LogP contribution in [0.25, 0.3) is 0 Å². The van der Waals surface area contributed by atoms with E-state index < -0.39 is 17.1 Å². The van der Waals surface area contributed by atoms with Crippen LogP contribution in [0, 0.1) is 10.1 Å². The number of benzene rings is 1. The average Bonchev–Trinajstić information content (AvgIpc) is 2.98. The first-order valence-corrected chi connectivity index (χ1v) is 6.85. The predicted octanol–water partition coefficient (Wildman–Crippen LogP) is 3.21. The molecule has 1 aromatic heterocycles. The topological polar surface area (TPSA) is 90.4 Å². The van der Waals surface area contributed by atoms with Crippen LogP contribution in [-0.2, 0) is 13.1 Å². The van der Waals surface area contributed by atoms with Gasteiger partial charge in [0.1, 0.15) is 5.75 Å². The monoisotopic (exact) mass is 327 g/mol. The van der Waals surface area contributed by atoms with Crippen molar-refractivity contribution in [1.29, 1.82) is 0 Å². The molecule has 0 spiro atoms. The fraction of sp³-hybridized carbons (Fsp3) is 0.357. The number of hydrogen-bond acceptors (Lipinski definition) is 6. The van der Waals surface area contributed by atoms with Gasteiger partial charge < -0.3 is 14.6 Å².